The van der Waals surface area contributed by atoms with Crippen LogP contribution < -0.4 is 4.90 Å². The molecule has 5 nitrogen and oxygen atoms in total. The molecule has 2 aromatic heterocycles. The number of nitrogens with zero attached hydrogens (tertiary/aromatic N) is 1. The van der Waals surface area contributed by atoms with Gasteiger partial charge in [0, 0.05) is 10.6 Å². The monoisotopic (exact) mass is 451 g/mol. The topological polar surface area (TPSA) is 67.6 Å². The Morgan fingerprint density at radius 2 is 1.68 bits per heavy atom. The van der Waals surface area contributed by atoms with Crippen molar-refractivity contribution in [1.29, 1.82) is 0 Å². The molecule has 2 aromatic carbocycles. The highest BCUT2D eigenvalue weighted by Gasteiger charge is 2.26. The Hall–Kier alpha value is -3.16. The Morgan fingerprint density at radius 1 is 0.935 bits per heavy atom. The Morgan fingerprint density at radius 3 is 2.32 bits per heavy atom. The number of carbonyl (C=O) groups is 1. The van der Waals surface area contributed by atoms with E-state index in [0.717, 1.165) is 17.0 Å². The van der Waals surface area contributed by atoms with E-state index >= 15 is 0 Å². The van der Waals surface area contributed by atoms with E-state index in [0.29, 0.717) is 6.54 Å². The second-order valence-corrected chi connectivity index (χ2v) is 9.84. The smallest absolute Gasteiger partial charge is 0.294 e. The first-order valence-corrected chi connectivity index (χ1v) is 12.2. The van der Waals surface area contributed by atoms with Crippen LogP contribution in [-0.2, 0) is 22.8 Å². The van der Waals surface area contributed by atoms with Crippen LogP contribution in [0.1, 0.15) is 27.9 Å². The highest BCUT2D eigenvalue weighted by Crippen LogP contribution is 2.27. The summed E-state index contributed by atoms with van der Waals surface area (Å²) in [7, 11) is -3.84. The number of amides is 1. The third-order valence-electron chi connectivity index (χ3n) is 4.91. The van der Waals surface area contributed by atoms with Crippen LogP contribution in [0.2, 0.25) is 0 Å². The number of anilines is 1. The van der Waals surface area contributed by atoms with Crippen molar-refractivity contribution in [3.63, 3.8) is 0 Å². The molecular formula is C24H21NO4S2. The van der Waals surface area contributed by atoms with Crippen LogP contribution in [-0.4, -0.2) is 14.3 Å². The lowest BCUT2D eigenvalue weighted by atomic mass is 10.1. The van der Waals surface area contributed by atoms with Crippen molar-refractivity contribution < 1.29 is 17.6 Å². The molecule has 1 amide bonds. The number of sulfone groups is 1. The zero-order valence-corrected chi connectivity index (χ0v) is 18.5. The molecule has 2 heterocycles. The fraction of sp³-hybridized carbons (Fsp3) is 0.125. The van der Waals surface area contributed by atoms with Crippen molar-refractivity contribution in [3.05, 3.63) is 100 Å². The predicted molar refractivity (Wildman–Crippen MR) is 121 cm³/mol. The molecular weight excluding hydrogens is 430 g/mol. The van der Waals surface area contributed by atoms with Crippen molar-refractivity contribution in [2.45, 2.75) is 29.9 Å². The fourth-order valence-corrected chi connectivity index (χ4v) is 5.07. The van der Waals surface area contributed by atoms with Crippen molar-refractivity contribution in [2.75, 3.05) is 4.90 Å². The van der Waals surface area contributed by atoms with Gasteiger partial charge in [-0.1, -0.05) is 43.3 Å². The summed E-state index contributed by atoms with van der Waals surface area (Å²) in [4.78, 5) is 16.1. The largest absolute Gasteiger partial charge is 0.439 e. The number of hydrogen-bond acceptors (Lipinski definition) is 5. The lowest BCUT2D eigenvalue weighted by Gasteiger charge is -2.21. The number of carbonyl (C=O) groups excluding carboxylic acids is 1. The van der Waals surface area contributed by atoms with Crippen LogP contribution in [0.5, 0.6) is 0 Å². The quantitative estimate of drug-likeness (QED) is 0.368. The summed E-state index contributed by atoms with van der Waals surface area (Å²) in [5.74, 6) is -0.419. The second-order valence-electron chi connectivity index (χ2n) is 6.93. The third-order valence-corrected chi connectivity index (χ3v) is 7.41. The molecule has 4 aromatic rings. The van der Waals surface area contributed by atoms with Gasteiger partial charge in [0.1, 0.15) is 0 Å². The van der Waals surface area contributed by atoms with Crippen molar-refractivity contribution >= 4 is 32.8 Å². The Kier molecular flexibility index (Phi) is 6.06. The molecule has 0 spiro atoms. The second kappa shape index (κ2) is 8.91. The summed E-state index contributed by atoms with van der Waals surface area (Å²) < 4.78 is 31.2. The molecule has 158 valence electrons. The molecule has 0 saturated carbocycles. The van der Waals surface area contributed by atoms with Gasteiger partial charge in [-0.05, 0) is 59.8 Å². The maximum absolute atomic E-state index is 13.3. The molecule has 0 atom stereocenters. The fourth-order valence-electron chi connectivity index (χ4n) is 3.18. The van der Waals surface area contributed by atoms with Gasteiger partial charge >= 0.3 is 0 Å². The highest BCUT2D eigenvalue weighted by atomic mass is 32.2. The summed E-state index contributed by atoms with van der Waals surface area (Å²) in [5, 5.41) is 1.70. The summed E-state index contributed by atoms with van der Waals surface area (Å²) in [6.45, 7) is 2.44. The van der Waals surface area contributed by atoms with Crippen molar-refractivity contribution in [1.82, 2.24) is 0 Å². The van der Waals surface area contributed by atoms with Gasteiger partial charge < -0.3 is 9.32 Å². The molecule has 7 heteroatoms. The summed E-state index contributed by atoms with van der Waals surface area (Å²) in [5.41, 5.74) is 1.89. The molecule has 0 saturated heterocycles. The number of hydrogen-bond donors (Lipinski definition) is 0. The van der Waals surface area contributed by atoms with Gasteiger partial charge in [-0.3, -0.25) is 4.79 Å². The van der Waals surface area contributed by atoms with Crippen LogP contribution in [0.3, 0.4) is 0 Å². The Labute approximate surface area is 185 Å². The zero-order chi connectivity index (χ0) is 21.8. The number of thiophene rings is 1. The van der Waals surface area contributed by atoms with Gasteiger partial charge in [-0.2, -0.15) is 0 Å². The van der Waals surface area contributed by atoms with Gasteiger partial charge in [-0.25, -0.2) is 8.42 Å². The minimum atomic E-state index is -3.84. The first kappa shape index (κ1) is 21.1. The first-order valence-electron chi connectivity index (χ1n) is 9.82. The molecule has 0 aliphatic rings. The molecule has 0 fully saturated rings. The minimum Gasteiger partial charge on any atom is -0.439 e. The molecule has 4 rings (SSSR count). The van der Waals surface area contributed by atoms with E-state index in [1.165, 1.54) is 29.8 Å². The van der Waals surface area contributed by atoms with Gasteiger partial charge in [0.05, 0.1) is 11.4 Å². The van der Waals surface area contributed by atoms with Crippen LogP contribution in [0.25, 0.3) is 0 Å². The van der Waals surface area contributed by atoms with Gasteiger partial charge in [0.15, 0.2) is 5.76 Å². The molecule has 0 N–H and O–H groups in total. The molecule has 0 unspecified atom stereocenters. The SMILES string of the molecule is CCc1ccc(N(Cc2cccs2)C(=O)c2ccc(S(=O)(=O)c3ccccc3)o2)cc1. The van der Waals surface area contributed by atoms with E-state index in [9.17, 15) is 13.2 Å². The average molecular weight is 452 g/mol. The first-order chi connectivity index (χ1) is 15.0. The zero-order valence-electron chi connectivity index (χ0n) is 16.9. The number of rotatable bonds is 7. The summed E-state index contributed by atoms with van der Waals surface area (Å²) in [6, 6.07) is 22.4. The maximum atomic E-state index is 13.3. The van der Waals surface area contributed by atoms with Crippen molar-refractivity contribution in [2.24, 2.45) is 0 Å². The lowest BCUT2D eigenvalue weighted by Crippen LogP contribution is -2.29. The Balaban J connectivity index is 1.67. The maximum Gasteiger partial charge on any atom is 0.294 e. The third kappa shape index (κ3) is 4.47. The standard InChI is InChI=1S/C24H21NO4S2/c1-2-18-10-12-19(13-11-18)25(17-20-7-6-16-30-20)24(26)22-14-15-23(29-22)31(27,28)21-8-4-3-5-9-21/h3-16H,2,17H2,1H3. The van der Waals surface area contributed by atoms with E-state index in [4.69, 9.17) is 4.42 Å². The summed E-state index contributed by atoms with van der Waals surface area (Å²) >= 11 is 1.55. The predicted octanol–water partition coefficient (Wildman–Crippen LogP) is 5.58. The van der Waals surface area contributed by atoms with Crippen LogP contribution >= 0.6 is 11.3 Å². The molecule has 31 heavy (non-hydrogen) atoms. The molecule has 0 bridgehead atoms. The minimum absolute atomic E-state index is 0.0226. The lowest BCUT2D eigenvalue weighted by molar-refractivity contribution is 0.0953. The van der Waals surface area contributed by atoms with Gasteiger partial charge in [0.2, 0.25) is 14.9 Å². The van der Waals surface area contributed by atoms with Crippen LogP contribution in [0, 0.1) is 0 Å². The van der Waals surface area contributed by atoms with Gasteiger partial charge in [-0.15, -0.1) is 11.3 Å². The van der Waals surface area contributed by atoms with Gasteiger partial charge in [0.25, 0.3) is 5.91 Å². The highest BCUT2D eigenvalue weighted by molar-refractivity contribution is 7.91. The Bertz CT molecular complexity index is 1260. The normalized spacial score (nSPS) is 11.4. The number of benzene rings is 2. The number of furan rings is 1. The molecule has 0 aliphatic carbocycles. The number of aryl methyl sites for hydroxylation is 1. The average Bonchev–Trinajstić information content (AvgIpc) is 3.50. The molecule has 0 aliphatic heterocycles. The molecule has 0 radical (unpaired) electrons. The van der Waals surface area contributed by atoms with E-state index in [2.05, 4.69) is 6.92 Å². The van der Waals surface area contributed by atoms with E-state index in [1.54, 1.807) is 34.4 Å². The van der Waals surface area contributed by atoms with E-state index in [1.807, 2.05) is 41.8 Å². The van der Waals surface area contributed by atoms with Crippen LogP contribution in [0.4, 0.5) is 5.69 Å². The van der Waals surface area contributed by atoms with E-state index < -0.39 is 15.7 Å². The van der Waals surface area contributed by atoms with E-state index in [-0.39, 0.29) is 15.7 Å². The summed E-state index contributed by atoms with van der Waals surface area (Å²) in [6.07, 6.45) is 0.901. The van der Waals surface area contributed by atoms with Crippen molar-refractivity contribution in [3.8, 4) is 0 Å². The van der Waals surface area contributed by atoms with Crippen LogP contribution in [0.15, 0.2) is 98.6 Å².